The van der Waals surface area contributed by atoms with Gasteiger partial charge in [0, 0.05) is 44.1 Å². The molecule has 2 heterocycles. The first-order chi connectivity index (χ1) is 13.4. The van der Waals surface area contributed by atoms with Gasteiger partial charge in [0.1, 0.15) is 5.82 Å². The number of aromatic nitrogens is 1. The van der Waals surface area contributed by atoms with Crippen LogP contribution in [0.5, 0.6) is 0 Å². The van der Waals surface area contributed by atoms with Crippen molar-refractivity contribution in [1.29, 1.82) is 0 Å². The number of carbonyl (C=O) groups excluding carboxylic acids is 1. The Morgan fingerprint density at radius 2 is 2.07 bits per heavy atom. The Hall–Kier alpha value is -2.80. The fourth-order valence-electron chi connectivity index (χ4n) is 3.55. The Morgan fingerprint density at radius 3 is 2.75 bits per heavy atom. The van der Waals surface area contributed by atoms with Crippen LogP contribution >= 0.6 is 0 Å². The van der Waals surface area contributed by atoms with Gasteiger partial charge in [-0.2, -0.15) is 0 Å². The van der Waals surface area contributed by atoms with Crippen LogP contribution in [0.3, 0.4) is 0 Å². The molecule has 1 aromatic carbocycles. The third kappa shape index (κ3) is 5.13. The van der Waals surface area contributed by atoms with E-state index in [1.54, 1.807) is 24.5 Å². The van der Waals surface area contributed by atoms with Crippen molar-refractivity contribution >= 4 is 11.9 Å². The van der Waals surface area contributed by atoms with Gasteiger partial charge in [-0.05, 0) is 36.6 Å². The zero-order valence-corrected chi connectivity index (χ0v) is 15.8. The second-order valence-corrected chi connectivity index (χ2v) is 7.34. The van der Waals surface area contributed by atoms with Gasteiger partial charge in [0.2, 0.25) is 5.91 Å². The van der Waals surface area contributed by atoms with Gasteiger partial charge in [0.15, 0.2) is 0 Å². The predicted octanol–water partition coefficient (Wildman–Crippen LogP) is 2.37. The van der Waals surface area contributed by atoms with Gasteiger partial charge < -0.3 is 10.4 Å². The molecule has 7 heteroatoms. The molecule has 1 saturated heterocycles. The first-order valence-electron chi connectivity index (χ1n) is 9.29. The van der Waals surface area contributed by atoms with Crippen LogP contribution in [-0.2, 0) is 22.7 Å². The average Bonchev–Trinajstić information content (AvgIpc) is 2.69. The number of piperidine rings is 1. The number of halogens is 1. The first-order valence-corrected chi connectivity index (χ1v) is 9.29. The Bertz CT molecular complexity index is 844. The molecule has 0 bridgehead atoms. The second kappa shape index (κ2) is 8.93. The van der Waals surface area contributed by atoms with Crippen LogP contribution in [0, 0.1) is 24.6 Å². The minimum Gasteiger partial charge on any atom is -0.481 e. The number of amides is 1. The van der Waals surface area contributed by atoms with Crippen molar-refractivity contribution in [3.8, 4) is 0 Å². The van der Waals surface area contributed by atoms with Crippen LogP contribution in [0.1, 0.15) is 23.1 Å². The minimum absolute atomic E-state index is 0.191. The lowest BCUT2D eigenvalue weighted by atomic mass is 9.88. The number of hydrogen-bond acceptors (Lipinski definition) is 4. The highest BCUT2D eigenvalue weighted by molar-refractivity contribution is 5.80. The molecule has 2 atom stereocenters. The van der Waals surface area contributed by atoms with Crippen molar-refractivity contribution in [2.75, 3.05) is 13.1 Å². The zero-order valence-electron chi connectivity index (χ0n) is 15.8. The number of nitrogens with zero attached hydrogens (tertiary/aromatic N) is 2. The van der Waals surface area contributed by atoms with Gasteiger partial charge in [-0.15, -0.1) is 0 Å². The first kappa shape index (κ1) is 19.9. The Morgan fingerprint density at radius 1 is 1.29 bits per heavy atom. The average molecular weight is 385 g/mol. The molecular formula is C21H24FN3O3. The van der Waals surface area contributed by atoms with E-state index < -0.39 is 17.8 Å². The zero-order chi connectivity index (χ0) is 20.1. The number of aliphatic carboxylic acids is 1. The molecule has 28 heavy (non-hydrogen) atoms. The highest BCUT2D eigenvalue weighted by Crippen LogP contribution is 2.25. The molecule has 0 spiro atoms. The molecule has 3 rings (SSSR count). The van der Waals surface area contributed by atoms with E-state index in [2.05, 4.69) is 10.3 Å². The van der Waals surface area contributed by atoms with E-state index in [0.717, 1.165) is 11.1 Å². The molecule has 0 radical (unpaired) electrons. The van der Waals surface area contributed by atoms with Gasteiger partial charge in [0.25, 0.3) is 0 Å². The summed E-state index contributed by atoms with van der Waals surface area (Å²) in [6, 6.07) is 8.66. The summed E-state index contributed by atoms with van der Waals surface area (Å²) >= 11 is 0. The number of nitrogens with one attached hydrogen (secondary N) is 1. The van der Waals surface area contributed by atoms with Crippen LogP contribution in [0.4, 0.5) is 4.39 Å². The number of carbonyl (C=O) groups is 2. The van der Waals surface area contributed by atoms with Crippen LogP contribution < -0.4 is 5.32 Å². The lowest BCUT2D eigenvalue weighted by Gasteiger charge is -2.35. The molecule has 0 saturated carbocycles. The predicted molar refractivity (Wildman–Crippen MR) is 102 cm³/mol. The summed E-state index contributed by atoms with van der Waals surface area (Å²) in [5.74, 6) is -2.55. The van der Waals surface area contributed by atoms with Gasteiger partial charge >= 0.3 is 5.97 Å². The van der Waals surface area contributed by atoms with Gasteiger partial charge in [-0.3, -0.25) is 19.5 Å². The van der Waals surface area contributed by atoms with Crippen molar-refractivity contribution in [1.82, 2.24) is 15.2 Å². The highest BCUT2D eigenvalue weighted by atomic mass is 19.1. The van der Waals surface area contributed by atoms with Crippen LogP contribution in [0.2, 0.25) is 0 Å². The smallest absolute Gasteiger partial charge is 0.307 e. The lowest BCUT2D eigenvalue weighted by Crippen LogP contribution is -2.47. The van der Waals surface area contributed by atoms with E-state index in [4.69, 9.17) is 0 Å². The number of carboxylic acid groups (broad SMARTS) is 1. The van der Waals surface area contributed by atoms with Crippen LogP contribution in [-0.4, -0.2) is 40.0 Å². The summed E-state index contributed by atoms with van der Waals surface area (Å²) in [5, 5.41) is 12.3. The standard InChI is InChI=1S/C21H24FN3O3/c1-14-4-5-16(19(22)7-14)11-25-12-17(8-18(13-25)21(27)28)20(26)24-10-15-3-2-6-23-9-15/h2-7,9,17-18H,8,10-13H2,1H3,(H,24,26)(H,27,28)/t17-,18-/m0/s1. The summed E-state index contributed by atoms with van der Waals surface area (Å²) < 4.78 is 14.2. The topological polar surface area (TPSA) is 82.5 Å². The van der Waals surface area contributed by atoms with Crippen LogP contribution in [0.25, 0.3) is 0 Å². The number of benzene rings is 1. The summed E-state index contributed by atoms with van der Waals surface area (Å²) in [5.41, 5.74) is 2.21. The van der Waals surface area contributed by atoms with Gasteiger partial charge in [-0.1, -0.05) is 18.2 Å². The molecule has 1 fully saturated rings. The summed E-state index contributed by atoms with van der Waals surface area (Å²) in [6.07, 6.45) is 3.61. The van der Waals surface area contributed by atoms with E-state index in [1.165, 1.54) is 6.07 Å². The SMILES string of the molecule is Cc1ccc(CN2C[C@@H](C(=O)O)C[C@H](C(=O)NCc3cccnc3)C2)c(F)c1. The maximum atomic E-state index is 14.2. The molecule has 148 valence electrons. The van der Waals surface area contributed by atoms with Crippen molar-refractivity contribution in [3.05, 3.63) is 65.2 Å². The van der Waals surface area contributed by atoms with E-state index in [0.29, 0.717) is 25.2 Å². The van der Waals surface area contributed by atoms with Crippen molar-refractivity contribution in [3.63, 3.8) is 0 Å². The molecule has 2 N–H and O–H groups in total. The number of pyridine rings is 1. The molecule has 2 aromatic rings. The Balaban J connectivity index is 1.67. The van der Waals surface area contributed by atoms with E-state index in [-0.39, 0.29) is 24.7 Å². The molecule has 0 unspecified atom stereocenters. The number of aryl methyl sites for hydroxylation is 1. The Kier molecular flexibility index (Phi) is 6.36. The summed E-state index contributed by atoms with van der Waals surface area (Å²) in [6.45, 7) is 3.14. The van der Waals surface area contributed by atoms with E-state index >= 15 is 0 Å². The maximum Gasteiger partial charge on any atom is 0.307 e. The third-order valence-electron chi connectivity index (χ3n) is 5.04. The van der Waals surface area contributed by atoms with Gasteiger partial charge in [0.05, 0.1) is 11.8 Å². The molecule has 0 aliphatic carbocycles. The molecule has 6 nitrogen and oxygen atoms in total. The minimum atomic E-state index is -0.931. The molecule has 1 amide bonds. The lowest BCUT2D eigenvalue weighted by molar-refractivity contribution is -0.145. The van der Waals surface area contributed by atoms with E-state index in [9.17, 15) is 19.1 Å². The van der Waals surface area contributed by atoms with Crippen molar-refractivity contribution in [2.24, 2.45) is 11.8 Å². The van der Waals surface area contributed by atoms with Crippen molar-refractivity contribution in [2.45, 2.75) is 26.4 Å². The molecule has 1 aliphatic heterocycles. The maximum absolute atomic E-state index is 14.2. The summed E-state index contributed by atoms with van der Waals surface area (Å²) in [7, 11) is 0. The number of rotatable bonds is 6. The fraction of sp³-hybridized carbons (Fsp3) is 0.381. The number of hydrogen-bond donors (Lipinski definition) is 2. The monoisotopic (exact) mass is 385 g/mol. The van der Waals surface area contributed by atoms with Gasteiger partial charge in [-0.25, -0.2) is 4.39 Å². The molecule has 1 aliphatic rings. The van der Waals surface area contributed by atoms with E-state index in [1.807, 2.05) is 24.0 Å². The largest absolute Gasteiger partial charge is 0.481 e. The summed E-state index contributed by atoms with van der Waals surface area (Å²) in [4.78, 5) is 30.1. The van der Waals surface area contributed by atoms with Crippen molar-refractivity contribution < 1.29 is 19.1 Å². The third-order valence-corrected chi connectivity index (χ3v) is 5.04. The quantitative estimate of drug-likeness (QED) is 0.798. The second-order valence-electron chi connectivity index (χ2n) is 7.34. The molecule has 1 aromatic heterocycles. The fourth-order valence-corrected chi connectivity index (χ4v) is 3.55. The number of carboxylic acids is 1. The molecular weight excluding hydrogens is 361 g/mol. The normalized spacial score (nSPS) is 19.9. The number of likely N-dealkylation sites (tertiary alicyclic amines) is 1. The Labute approximate surface area is 163 Å². The highest BCUT2D eigenvalue weighted by Gasteiger charge is 2.35. The van der Waals surface area contributed by atoms with Crippen LogP contribution in [0.15, 0.2) is 42.7 Å².